The van der Waals surface area contributed by atoms with Gasteiger partial charge in [0.05, 0.1) is 11.9 Å². The van der Waals surface area contributed by atoms with Gasteiger partial charge in [-0.2, -0.15) is 0 Å². The monoisotopic (exact) mass is 300 g/mol. The lowest BCUT2D eigenvalue weighted by Crippen LogP contribution is -2.20. The number of nitrogens with zero attached hydrogens (tertiary/aromatic N) is 2. The average molecular weight is 300 g/mol. The molecule has 1 aliphatic rings. The van der Waals surface area contributed by atoms with E-state index >= 15 is 0 Å². The first-order chi connectivity index (χ1) is 9.59. The van der Waals surface area contributed by atoms with Crippen molar-refractivity contribution in [2.75, 3.05) is 28.9 Å². The summed E-state index contributed by atoms with van der Waals surface area (Å²) in [6, 6.07) is 3.30. The molecule has 0 radical (unpaired) electrons. The highest BCUT2D eigenvalue weighted by Crippen LogP contribution is 2.13. The van der Waals surface area contributed by atoms with Crippen molar-refractivity contribution in [3.05, 3.63) is 12.1 Å². The van der Waals surface area contributed by atoms with Gasteiger partial charge in [-0.05, 0) is 31.4 Å². The average Bonchev–Trinajstić information content (AvgIpc) is 2.90. The van der Waals surface area contributed by atoms with Gasteiger partial charge in [0.1, 0.15) is 5.82 Å². The van der Waals surface area contributed by atoms with Gasteiger partial charge in [-0.25, -0.2) is 8.42 Å². The Morgan fingerprint density at radius 3 is 2.70 bits per heavy atom. The van der Waals surface area contributed by atoms with Crippen LogP contribution in [-0.4, -0.2) is 43.6 Å². The quantitative estimate of drug-likeness (QED) is 0.786. The van der Waals surface area contributed by atoms with Gasteiger partial charge < -0.3 is 10.1 Å². The number of hydrogen-bond acceptors (Lipinski definition) is 6. The summed E-state index contributed by atoms with van der Waals surface area (Å²) in [7, 11) is -3.32. The van der Waals surface area contributed by atoms with Crippen molar-refractivity contribution in [1.82, 2.24) is 10.2 Å². The maximum atomic E-state index is 11.6. The molecule has 0 saturated carbocycles. The second-order valence-corrected chi connectivity index (χ2v) is 6.58. The molecular weight excluding hydrogens is 280 g/mol. The fourth-order valence-corrected chi connectivity index (χ4v) is 3.05. The molecule has 2 heterocycles. The Morgan fingerprint density at radius 2 is 2.10 bits per heavy atom. The van der Waals surface area contributed by atoms with Crippen molar-refractivity contribution in [3.8, 4) is 0 Å². The van der Waals surface area contributed by atoms with E-state index in [0.29, 0.717) is 18.8 Å². The third-order valence-corrected chi connectivity index (χ3v) is 4.40. The number of hydrogen-bond donors (Lipinski definition) is 2. The molecule has 0 aromatic carbocycles. The largest absolute Gasteiger partial charge is 0.376 e. The zero-order valence-electron chi connectivity index (χ0n) is 11.5. The van der Waals surface area contributed by atoms with E-state index in [4.69, 9.17) is 4.74 Å². The number of anilines is 2. The van der Waals surface area contributed by atoms with Crippen LogP contribution in [0.4, 0.5) is 11.6 Å². The van der Waals surface area contributed by atoms with E-state index in [0.717, 1.165) is 19.4 Å². The van der Waals surface area contributed by atoms with Crippen LogP contribution in [0.25, 0.3) is 0 Å². The lowest BCUT2D eigenvalue weighted by atomic mass is 10.2. The van der Waals surface area contributed by atoms with Crippen LogP contribution in [0.15, 0.2) is 12.1 Å². The molecule has 0 bridgehead atoms. The van der Waals surface area contributed by atoms with Crippen molar-refractivity contribution in [2.45, 2.75) is 32.3 Å². The Kier molecular flexibility index (Phi) is 5.13. The Hall–Kier alpha value is -1.41. The van der Waals surface area contributed by atoms with Crippen LogP contribution < -0.4 is 10.0 Å². The first-order valence-electron chi connectivity index (χ1n) is 6.79. The van der Waals surface area contributed by atoms with Crippen LogP contribution in [0.2, 0.25) is 0 Å². The molecule has 1 saturated heterocycles. The first kappa shape index (κ1) is 15.0. The van der Waals surface area contributed by atoms with Gasteiger partial charge in [0.25, 0.3) is 0 Å². The predicted molar refractivity (Wildman–Crippen MR) is 77.2 cm³/mol. The molecule has 0 spiro atoms. The summed E-state index contributed by atoms with van der Waals surface area (Å²) < 4.78 is 31.0. The second-order valence-electron chi connectivity index (χ2n) is 4.74. The highest BCUT2D eigenvalue weighted by atomic mass is 32.2. The SMILES string of the molecule is CCCS(=O)(=O)Nc1ccc(NCC2CCCO2)nn1. The van der Waals surface area contributed by atoms with E-state index in [1.54, 1.807) is 12.1 Å². The molecule has 1 aromatic heterocycles. The predicted octanol–water partition coefficient (Wildman–Crippen LogP) is 1.22. The molecule has 0 amide bonds. The molecule has 1 aliphatic heterocycles. The van der Waals surface area contributed by atoms with E-state index in [-0.39, 0.29) is 17.7 Å². The van der Waals surface area contributed by atoms with E-state index in [2.05, 4.69) is 20.2 Å². The van der Waals surface area contributed by atoms with Crippen LogP contribution >= 0.6 is 0 Å². The Labute approximate surface area is 119 Å². The van der Waals surface area contributed by atoms with Crippen LogP contribution in [0.3, 0.4) is 0 Å². The molecule has 20 heavy (non-hydrogen) atoms. The minimum absolute atomic E-state index is 0.0771. The first-order valence-corrected chi connectivity index (χ1v) is 8.44. The maximum absolute atomic E-state index is 11.6. The summed E-state index contributed by atoms with van der Waals surface area (Å²) in [5, 5.41) is 10.9. The molecule has 1 unspecified atom stereocenters. The minimum Gasteiger partial charge on any atom is -0.376 e. The van der Waals surface area contributed by atoms with Gasteiger partial charge in [0.2, 0.25) is 10.0 Å². The molecule has 0 aliphatic carbocycles. The summed E-state index contributed by atoms with van der Waals surface area (Å²) in [6.45, 7) is 3.31. The topological polar surface area (TPSA) is 93.2 Å². The molecule has 1 aromatic rings. The van der Waals surface area contributed by atoms with Gasteiger partial charge in [0.15, 0.2) is 5.82 Å². The second kappa shape index (κ2) is 6.85. The van der Waals surface area contributed by atoms with Gasteiger partial charge in [-0.15, -0.1) is 10.2 Å². The zero-order valence-corrected chi connectivity index (χ0v) is 12.3. The summed E-state index contributed by atoms with van der Waals surface area (Å²) in [5.41, 5.74) is 0. The Balaban J connectivity index is 1.86. The third kappa shape index (κ3) is 4.61. The van der Waals surface area contributed by atoms with Crippen molar-refractivity contribution < 1.29 is 13.2 Å². The van der Waals surface area contributed by atoms with E-state index in [9.17, 15) is 8.42 Å². The molecular formula is C12H20N4O3S. The number of ether oxygens (including phenoxy) is 1. The molecule has 1 atom stereocenters. The van der Waals surface area contributed by atoms with Crippen molar-refractivity contribution in [3.63, 3.8) is 0 Å². The lowest BCUT2D eigenvalue weighted by molar-refractivity contribution is 0.120. The van der Waals surface area contributed by atoms with E-state index in [1.807, 2.05) is 6.92 Å². The fourth-order valence-electron chi connectivity index (χ4n) is 1.98. The summed E-state index contributed by atoms with van der Waals surface area (Å²) >= 11 is 0. The van der Waals surface area contributed by atoms with Crippen molar-refractivity contribution in [1.29, 1.82) is 0 Å². The minimum atomic E-state index is -3.32. The van der Waals surface area contributed by atoms with Crippen LogP contribution in [-0.2, 0) is 14.8 Å². The lowest BCUT2D eigenvalue weighted by Gasteiger charge is -2.11. The summed E-state index contributed by atoms with van der Waals surface area (Å²) in [6.07, 6.45) is 2.93. The molecule has 2 N–H and O–H groups in total. The molecule has 1 fully saturated rings. The number of rotatable bonds is 7. The van der Waals surface area contributed by atoms with E-state index < -0.39 is 10.0 Å². The highest BCUT2D eigenvalue weighted by Gasteiger charge is 2.15. The fraction of sp³-hybridized carbons (Fsp3) is 0.667. The normalized spacial score (nSPS) is 18.9. The summed E-state index contributed by atoms with van der Waals surface area (Å²) in [4.78, 5) is 0. The Morgan fingerprint density at radius 1 is 1.35 bits per heavy atom. The standard InChI is InChI=1S/C12H20N4O3S/c1-2-8-20(17,18)16-12-6-5-11(14-15-12)13-9-10-4-3-7-19-10/h5-6,10H,2-4,7-9H2,1H3,(H,13,14)(H,15,16). The number of aromatic nitrogens is 2. The smallest absolute Gasteiger partial charge is 0.233 e. The van der Waals surface area contributed by atoms with Gasteiger partial charge in [0, 0.05) is 13.2 Å². The van der Waals surface area contributed by atoms with Gasteiger partial charge in [-0.1, -0.05) is 6.92 Å². The maximum Gasteiger partial charge on any atom is 0.233 e. The number of nitrogens with one attached hydrogen (secondary N) is 2. The van der Waals surface area contributed by atoms with Crippen LogP contribution in [0, 0.1) is 0 Å². The summed E-state index contributed by atoms with van der Waals surface area (Å²) in [5.74, 6) is 0.924. The number of sulfonamides is 1. The Bertz CT molecular complexity index is 512. The van der Waals surface area contributed by atoms with Gasteiger partial charge >= 0.3 is 0 Å². The van der Waals surface area contributed by atoms with Crippen molar-refractivity contribution in [2.24, 2.45) is 0 Å². The third-order valence-electron chi connectivity index (χ3n) is 2.93. The highest BCUT2D eigenvalue weighted by molar-refractivity contribution is 7.92. The molecule has 112 valence electrons. The molecule has 2 rings (SSSR count). The van der Waals surface area contributed by atoms with Crippen LogP contribution in [0.1, 0.15) is 26.2 Å². The molecule has 7 nitrogen and oxygen atoms in total. The van der Waals surface area contributed by atoms with Crippen molar-refractivity contribution >= 4 is 21.7 Å². The van der Waals surface area contributed by atoms with E-state index in [1.165, 1.54) is 0 Å². The zero-order chi connectivity index (χ0) is 14.4. The van der Waals surface area contributed by atoms with Gasteiger partial charge in [-0.3, -0.25) is 4.72 Å². The van der Waals surface area contributed by atoms with Crippen LogP contribution in [0.5, 0.6) is 0 Å². The molecule has 8 heteroatoms.